The Hall–Kier alpha value is -0.940. The lowest BCUT2D eigenvalue weighted by atomic mass is 10.00. The molecule has 1 aromatic heterocycles. The van der Waals surface area contributed by atoms with Crippen LogP contribution in [-0.4, -0.2) is 52.2 Å². The molecule has 1 aromatic rings. The van der Waals surface area contributed by atoms with E-state index in [1.807, 2.05) is 0 Å². The molecule has 0 spiro atoms. The third-order valence-corrected chi connectivity index (χ3v) is 4.50. The van der Waals surface area contributed by atoms with Crippen LogP contribution in [-0.2, 0) is 4.74 Å². The van der Waals surface area contributed by atoms with E-state index in [0.29, 0.717) is 12.0 Å². The van der Waals surface area contributed by atoms with Crippen molar-refractivity contribution in [3.63, 3.8) is 0 Å². The Balaban J connectivity index is 1.34. The van der Waals surface area contributed by atoms with Gasteiger partial charge in [-0.05, 0) is 25.7 Å². The minimum Gasteiger partial charge on any atom is -0.381 e. The predicted molar refractivity (Wildman–Crippen MR) is 66.4 cm³/mol. The molecule has 0 amide bonds. The highest BCUT2D eigenvalue weighted by Crippen LogP contribution is 2.39. The van der Waals surface area contributed by atoms with Gasteiger partial charge in [-0.2, -0.15) is 0 Å². The van der Waals surface area contributed by atoms with Crippen LogP contribution in [0.25, 0.3) is 0 Å². The number of rotatable bonds is 3. The van der Waals surface area contributed by atoms with E-state index >= 15 is 0 Å². The largest absolute Gasteiger partial charge is 0.381 e. The normalized spacial score (nSPS) is 27.3. The molecule has 3 fully saturated rings. The zero-order valence-electron chi connectivity index (χ0n) is 10.7. The number of aromatic nitrogens is 3. The molecule has 0 unspecified atom stereocenters. The summed E-state index contributed by atoms with van der Waals surface area (Å²) in [6, 6.07) is 1.29. The van der Waals surface area contributed by atoms with E-state index in [9.17, 15) is 0 Å². The number of nitrogens with zero attached hydrogens (tertiary/aromatic N) is 4. The summed E-state index contributed by atoms with van der Waals surface area (Å²) in [5, 5.41) is 8.59. The minimum absolute atomic E-state index is 0.549. The summed E-state index contributed by atoms with van der Waals surface area (Å²) in [7, 11) is 0. The number of hydrogen-bond acceptors (Lipinski definition) is 4. The van der Waals surface area contributed by atoms with Gasteiger partial charge in [-0.3, -0.25) is 4.90 Å². The van der Waals surface area contributed by atoms with Gasteiger partial charge in [-0.1, -0.05) is 5.21 Å². The molecular weight excluding hydrogens is 228 g/mol. The van der Waals surface area contributed by atoms with Gasteiger partial charge in [0.25, 0.3) is 0 Å². The summed E-state index contributed by atoms with van der Waals surface area (Å²) < 4.78 is 7.50. The molecule has 0 radical (unpaired) electrons. The Morgan fingerprint density at radius 3 is 2.56 bits per heavy atom. The van der Waals surface area contributed by atoms with Gasteiger partial charge >= 0.3 is 0 Å². The van der Waals surface area contributed by atoms with Gasteiger partial charge in [-0.15, -0.1) is 5.10 Å². The topological polar surface area (TPSA) is 43.2 Å². The van der Waals surface area contributed by atoms with Crippen LogP contribution in [0.4, 0.5) is 0 Å². The van der Waals surface area contributed by atoms with Crippen LogP contribution < -0.4 is 0 Å². The molecular formula is C13H20N4O. The van der Waals surface area contributed by atoms with Crippen molar-refractivity contribution in [2.75, 3.05) is 26.3 Å². The van der Waals surface area contributed by atoms with Crippen LogP contribution in [0.2, 0.25) is 0 Å². The van der Waals surface area contributed by atoms with E-state index in [2.05, 4.69) is 26.1 Å². The molecule has 1 aliphatic carbocycles. The first-order valence-electron chi connectivity index (χ1n) is 7.13. The van der Waals surface area contributed by atoms with Crippen LogP contribution in [0.15, 0.2) is 6.20 Å². The van der Waals surface area contributed by atoms with Crippen LogP contribution in [0.5, 0.6) is 0 Å². The van der Waals surface area contributed by atoms with E-state index in [1.54, 1.807) is 0 Å². The average Bonchev–Trinajstić information content (AvgIpc) is 3.09. The molecule has 98 valence electrons. The van der Waals surface area contributed by atoms with E-state index in [0.717, 1.165) is 32.3 Å². The molecule has 5 nitrogen and oxygen atoms in total. The molecule has 3 heterocycles. The van der Waals surface area contributed by atoms with Crippen LogP contribution in [0.1, 0.15) is 43.3 Å². The van der Waals surface area contributed by atoms with E-state index in [4.69, 9.17) is 4.74 Å². The van der Waals surface area contributed by atoms with Crippen molar-refractivity contribution in [3.05, 3.63) is 11.9 Å². The van der Waals surface area contributed by atoms with E-state index in [1.165, 1.54) is 31.4 Å². The van der Waals surface area contributed by atoms with Crippen LogP contribution >= 0.6 is 0 Å². The highest BCUT2D eigenvalue weighted by Gasteiger charge is 2.35. The van der Waals surface area contributed by atoms with E-state index in [-0.39, 0.29) is 0 Å². The lowest BCUT2D eigenvalue weighted by Gasteiger charge is -2.45. The van der Waals surface area contributed by atoms with E-state index < -0.39 is 0 Å². The van der Waals surface area contributed by atoms with Gasteiger partial charge in [0, 0.05) is 44.5 Å². The SMILES string of the molecule is c1c(C2CC2)nnn1C1CN(C2CCOCC2)C1. The lowest BCUT2D eigenvalue weighted by Crippen LogP contribution is -2.54. The summed E-state index contributed by atoms with van der Waals surface area (Å²) in [4.78, 5) is 2.58. The summed E-state index contributed by atoms with van der Waals surface area (Å²) in [6.45, 7) is 4.14. The molecule has 0 bridgehead atoms. The molecule has 2 saturated heterocycles. The highest BCUT2D eigenvalue weighted by molar-refractivity contribution is 5.10. The van der Waals surface area contributed by atoms with Gasteiger partial charge in [0.2, 0.25) is 0 Å². The fourth-order valence-electron chi connectivity index (χ4n) is 3.04. The molecule has 0 N–H and O–H groups in total. The Bertz CT molecular complexity index is 416. The Labute approximate surface area is 107 Å². The van der Waals surface area contributed by atoms with Gasteiger partial charge in [0.15, 0.2) is 0 Å². The molecule has 0 atom stereocenters. The summed E-state index contributed by atoms with van der Waals surface area (Å²) in [6.07, 6.45) is 7.16. The number of hydrogen-bond donors (Lipinski definition) is 0. The first kappa shape index (κ1) is 10.9. The fourth-order valence-corrected chi connectivity index (χ4v) is 3.04. The van der Waals surface area contributed by atoms with Gasteiger partial charge in [-0.25, -0.2) is 4.68 Å². The molecule has 18 heavy (non-hydrogen) atoms. The first-order valence-corrected chi connectivity index (χ1v) is 7.13. The predicted octanol–water partition coefficient (Wildman–Crippen LogP) is 1.19. The van der Waals surface area contributed by atoms with Crippen molar-refractivity contribution < 1.29 is 4.74 Å². The second-order valence-corrected chi connectivity index (χ2v) is 5.85. The zero-order valence-corrected chi connectivity index (χ0v) is 10.7. The van der Waals surface area contributed by atoms with Crippen molar-refractivity contribution in [2.45, 2.75) is 43.7 Å². The molecule has 4 rings (SSSR count). The summed E-state index contributed by atoms with van der Waals surface area (Å²) >= 11 is 0. The maximum atomic E-state index is 5.41. The summed E-state index contributed by atoms with van der Waals surface area (Å²) in [5.74, 6) is 0.713. The standard InChI is InChI=1S/C13H20N4O/c1-2-10(1)13-9-17(15-14-13)12-7-16(8-12)11-3-5-18-6-4-11/h9-12H,1-8H2. The highest BCUT2D eigenvalue weighted by atomic mass is 16.5. The average molecular weight is 248 g/mol. The monoisotopic (exact) mass is 248 g/mol. The van der Waals surface area contributed by atoms with Gasteiger partial charge in [0.05, 0.1) is 11.7 Å². The van der Waals surface area contributed by atoms with Crippen molar-refractivity contribution in [1.82, 2.24) is 19.9 Å². The van der Waals surface area contributed by atoms with Crippen molar-refractivity contribution in [2.24, 2.45) is 0 Å². The summed E-state index contributed by atoms with van der Waals surface area (Å²) in [5.41, 5.74) is 1.21. The Morgan fingerprint density at radius 2 is 1.83 bits per heavy atom. The molecule has 2 aliphatic heterocycles. The Kier molecular flexibility index (Phi) is 2.62. The van der Waals surface area contributed by atoms with Crippen molar-refractivity contribution in [1.29, 1.82) is 0 Å². The quantitative estimate of drug-likeness (QED) is 0.806. The molecule has 5 heteroatoms. The minimum atomic E-state index is 0.549. The zero-order chi connectivity index (χ0) is 11.9. The van der Waals surface area contributed by atoms with Crippen LogP contribution in [0, 0.1) is 0 Å². The number of ether oxygens (including phenoxy) is 1. The molecule has 1 saturated carbocycles. The smallest absolute Gasteiger partial charge is 0.0858 e. The third-order valence-electron chi connectivity index (χ3n) is 4.50. The van der Waals surface area contributed by atoms with Crippen LogP contribution in [0.3, 0.4) is 0 Å². The molecule has 3 aliphatic rings. The van der Waals surface area contributed by atoms with Gasteiger partial charge < -0.3 is 4.74 Å². The second kappa shape index (κ2) is 4.31. The maximum absolute atomic E-state index is 5.41. The Morgan fingerprint density at radius 1 is 1.06 bits per heavy atom. The first-order chi connectivity index (χ1) is 8.90. The molecule has 0 aromatic carbocycles. The lowest BCUT2D eigenvalue weighted by molar-refractivity contribution is -0.0142. The fraction of sp³-hybridized carbons (Fsp3) is 0.846. The second-order valence-electron chi connectivity index (χ2n) is 5.85. The third kappa shape index (κ3) is 1.95. The maximum Gasteiger partial charge on any atom is 0.0858 e. The number of likely N-dealkylation sites (tertiary alicyclic amines) is 1. The van der Waals surface area contributed by atoms with Crippen molar-refractivity contribution >= 4 is 0 Å². The van der Waals surface area contributed by atoms with Gasteiger partial charge in [0.1, 0.15) is 0 Å². The van der Waals surface area contributed by atoms with Crippen molar-refractivity contribution in [3.8, 4) is 0 Å².